The molecule has 0 spiro atoms. The van der Waals surface area contributed by atoms with E-state index in [0.717, 1.165) is 11.1 Å². The molecule has 0 bridgehead atoms. The Morgan fingerprint density at radius 3 is 2.08 bits per heavy atom. The van der Waals surface area contributed by atoms with Crippen molar-refractivity contribution >= 4 is 14.2 Å². The highest BCUT2D eigenvalue weighted by Gasteiger charge is 2.55. The summed E-state index contributed by atoms with van der Waals surface area (Å²) < 4.78 is 12.7. The minimum atomic E-state index is -2.00. The lowest BCUT2D eigenvalue weighted by atomic mass is 10.1. The molecule has 1 aliphatic heterocycles. The third-order valence-electron chi connectivity index (χ3n) is 3.96. The van der Waals surface area contributed by atoms with Crippen LogP contribution >= 0.6 is 0 Å². The summed E-state index contributed by atoms with van der Waals surface area (Å²) >= 11 is 0. The van der Waals surface area contributed by atoms with E-state index in [1.807, 2.05) is 60.7 Å². The SMILES string of the molecule is CN1C(=O)C(c2ccccc2)OC1(O[Si](C)(C)C)c1ccccc1. The van der Waals surface area contributed by atoms with Crippen LogP contribution in [0.4, 0.5) is 0 Å². The van der Waals surface area contributed by atoms with Crippen LogP contribution in [-0.4, -0.2) is 26.2 Å². The summed E-state index contributed by atoms with van der Waals surface area (Å²) in [6.07, 6.45) is -0.659. The van der Waals surface area contributed by atoms with Crippen LogP contribution in [0.2, 0.25) is 19.6 Å². The highest BCUT2D eigenvalue weighted by molar-refractivity contribution is 6.69. The third kappa shape index (κ3) is 3.02. The van der Waals surface area contributed by atoms with Crippen LogP contribution in [-0.2, 0) is 19.9 Å². The van der Waals surface area contributed by atoms with Crippen molar-refractivity contribution in [3.05, 3.63) is 71.8 Å². The Morgan fingerprint density at radius 2 is 1.54 bits per heavy atom. The fraction of sp³-hybridized carbons (Fsp3) is 0.316. The molecule has 2 atom stereocenters. The van der Waals surface area contributed by atoms with Crippen LogP contribution in [0.3, 0.4) is 0 Å². The summed E-state index contributed by atoms with van der Waals surface area (Å²) in [5.74, 6) is -1.27. The maximum Gasteiger partial charge on any atom is 0.273 e. The second kappa shape index (κ2) is 6.16. The van der Waals surface area contributed by atoms with Crippen molar-refractivity contribution in [2.75, 3.05) is 7.05 Å². The van der Waals surface area contributed by atoms with Crippen LogP contribution in [0.25, 0.3) is 0 Å². The number of carbonyl (C=O) groups excluding carboxylic acids is 1. The number of hydrogen-bond donors (Lipinski definition) is 0. The van der Waals surface area contributed by atoms with E-state index in [0.29, 0.717) is 0 Å². The van der Waals surface area contributed by atoms with Gasteiger partial charge < -0.3 is 9.16 Å². The van der Waals surface area contributed by atoms with Crippen molar-refractivity contribution in [2.24, 2.45) is 0 Å². The molecule has 0 N–H and O–H groups in total. The van der Waals surface area contributed by atoms with Crippen molar-refractivity contribution in [1.29, 1.82) is 0 Å². The Balaban J connectivity index is 2.07. The van der Waals surface area contributed by atoms with Crippen molar-refractivity contribution in [3.8, 4) is 0 Å². The fourth-order valence-electron chi connectivity index (χ4n) is 2.93. The molecule has 3 rings (SSSR count). The zero-order chi connectivity index (χ0) is 17.4. The number of rotatable bonds is 4. The number of hydrogen-bond acceptors (Lipinski definition) is 3. The monoisotopic (exact) mass is 341 g/mol. The van der Waals surface area contributed by atoms with Gasteiger partial charge in [-0.15, -0.1) is 0 Å². The smallest absolute Gasteiger partial charge is 0.273 e. The lowest BCUT2D eigenvalue weighted by Crippen LogP contribution is -2.49. The zero-order valence-electron chi connectivity index (χ0n) is 14.5. The first kappa shape index (κ1) is 16.9. The van der Waals surface area contributed by atoms with E-state index in [-0.39, 0.29) is 5.91 Å². The highest BCUT2D eigenvalue weighted by atomic mass is 28.4. The van der Waals surface area contributed by atoms with Crippen molar-refractivity contribution in [3.63, 3.8) is 0 Å². The number of ether oxygens (including phenoxy) is 1. The first-order valence-electron chi connectivity index (χ1n) is 8.10. The van der Waals surface area contributed by atoms with Gasteiger partial charge in [-0.1, -0.05) is 60.7 Å². The van der Waals surface area contributed by atoms with Gasteiger partial charge in [-0.05, 0) is 25.2 Å². The third-order valence-corrected chi connectivity index (χ3v) is 4.85. The number of amides is 1. The molecule has 2 aromatic carbocycles. The van der Waals surface area contributed by atoms with E-state index in [1.165, 1.54) is 0 Å². The fourth-order valence-corrected chi connectivity index (χ4v) is 4.06. The van der Waals surface area contributed by atoms with Crippen molar-refractivity contribution in [2.45, 2.75) is 31.7 Å². The van der Waals surface area contributed by atoms with Crippen LogP contribution in [0, 0.1) is 0 Å². The molecule has 4 nitrogen and oxygen atoms in total. The Kier molecular flexibility index (Phi) is 4.34. The molecule has 24 heavy (non-hydrogen) atoms. The Hall–Kier alpha value is -1.95. The number of likely N-dealkylation sites (N-methyl/N-ethyl adjacent to an activating group) is 1. The molecule has 126 valence electrons. The normalized spacial score (nSPS) is 24.4. The molecule has 1 heterocycles. The molecule has 0 saturated carbocycles. The maximum absolute atomic E-state index is 12.9. The molecule has 1 amide bonds. The minimum Gasteiger partial charge on any atom is -0.371 e. The quantitative estimate of drug-likeness (QED) is 0.792. The summed E-state index contributed by atoms with van der Waals surface area (Å²) in [7, 11) is -0.250. The topological polar surface area (TPSA) is 38.8 Å². The average molecular weight is 341 g/mol. The standard InChI is InChI=1S/C19H23NO3Si/c1-20-18(21)17(15-11-7-5-8-12-15)22-19(20,23-24(2,3)4)16-13-9-6-10-14-16/h5-14,17H,1-4H3. The zero-order valence-corrected chi connectivity index (χ0v) is 15.5. The van der Waals surface area contributed by atoms with Gasteiger partial charge >= 0.3 is 0 Å². The summed E-state index contributed by atoms with van der Waals surface area (Å²) in [4.78, 5) is 14.5. The van der Waals surface area contributed by atoms with Gasteiger partial charge in [-0.25, -0.2) is 0 Å². The summed E-state index contributed by atoms with van der Waals surface area (Å²) in [6.45, 7) is 6.28. The predicted molar refractivity (Wildman–Crippen MR) is 95.6 cm³/mol. The maximum atomic E-state index is 12.9. The molecule has 2 unspecified atom stereocenters. The number of benzene rings is 2. The summed E-state index contributed by atoms with van der Waals surface area (Å²) in [6, 6.07) is 19.3. The first-order valence-corrected chi connectivity index (χ1v) is 11.5. The van der Waals surface area contributed by atoms with Gasteiger partial charge in [0.2, 0.25) is 0 Å². The van der Waals surface area contributed by atoms with Gasteiger partial charge in [0.05, 0.1) is 0 Å². The molecule has 0 aromatic heterocycles. The molecule has 1 fully saturated rings. The van der Waals surface area contributed by atoms with E-state index in [1.54, 1.807) is 11.9 Å². The number of nitrogens with zero attached hydrogens (tertiary/aromatic N) is 1. The van der Waals surface area contributed by atoms with E-state index in [2.05, 4.69) is 19.6 Å². The van der Waals surface area contributed by atoms with Crippen LogP contribution in [0.5, 0.6) is 0 Å². The minimum absolute atomic E-state index is 0.0942. The largest absolute Gasteiger partial charge is 0.371 e. The van der Waals surface area contributed by atoms with Crippen LogP contribution in [0.15, 0.2) is 60.7 Å². The lowest BCUT2D eigenvalue weighted by molar-refractivity contribution is -0.247. The number of carbonyl (C=O) groups is 1. The van der Waals surface area contributed by atoms with Gasteiger partial charge in [0, 0.05) is 12.6 Å². The molecule has 2 aromatic rings. The predicted octanol–water partition coefficient (Wildman–Crippen LogP) is 3.88. The van der Waals surface area contributed by atoms with E-state index < -0.39 is 20.3 Å². The van der Waals surface area contributed by atoms with E-state index in [4.69, 9.17) is 9.16 Å². The Morgan fingerprint density at radius 1 is 1.00 bits per heavy atom. The van der Waals surface area contributed by atoms with E-state index >= 15 is 0 Å². The van der Waals surface area contributed by atoms with Crippen molar-refractivity contribution < 1.29 is 14.0 Å². The van der Waals surface area contributed by atoms with Crippen LogP contribution < -0.4 is 0 Å². The lowest BCUT2D eigenvalue weighted by Gasteiger charge is -2.39. The average Bonchev–Trinajstić information content (AvgIpc) is 2.81. The first-order chi connectivity index (χ1) is 11.3. The van der Waals surface area contributed by atoms with Crippen molar-refractivity contribution in [1.82, 2.24) is 4.90 Å². The highest BCUT2D eigenvalue weighted by Crippen LogP contribution is 2.45. The summed E-state index contributed by atoms with van der Waals surface area (Å²) in [5.41, 5.74) is 1.67. The second-order valence-corrected chi connectivity index (χ2v) is 11.4. The Bertz CT molecular complexity index is 714. The van der Waals surface area contributed by atoms with Gasteiger partial charge in [0.15, 0.2) is 14.4 Å². The molecule has 1 saturated heterocycles. The van der Waals surface area contributed by atoms with E-state index in [9.17, 15) is 4.79 Å². The molecular formula is C19H23NO3Si. The van der Waals surface area contributed by atoms with Gasteiger partial charge in [0.1, 0.15) is 0 Å². The molecular weight excluding hydrogens is 318 g/mol. The van der Waals surface area contributed by atoms with Crippen LogP contribution in [0.1, 0.15) is 17.2 Å². The Labute approximate surface area is 144 Å². The molecule has 0 radical (unpaired) electrons. The summed E-state index contributed by atoms with van der Waals surface area (Å²) in [5, 5.41) is 0. The second-order valence-electron chi connectivity index (χ2n) is 6.97. The molecule has 0 aliphatic carbocycles. The van der Waals surface area contributed by atoms with Gasteiger partial charge in [-0.3, -0.25) is 9.69 Å². The molecule has 5 heteroatoms. The molecule has 1 aliphatic rings. The van der Waals surface area contributed by atoms with Gasteiger partial charge in [0.25, 0.3) is 11.8 Å². The van der Waals surface area contributed by atoms with Gasteiger partial charge in [-0.2, -0.15) is 0 Å².